The van der Waals surface area contributed by atoms with Crippen molar-refractivity contribution in [2.45, 2.75) is 31.6 Å². The first-order valence-corrected chi connectivity index (χ1v) is 7.49. The second-order valence-corrected chi connectivity index (χ2v) is 6.27. The van der Waals surface area contributed by atoms with Crippen molar-refractivity contribution in [3.05, 3.63) is 35.9 Å². The van der Waals surface area contributed by atoms with E-state index in [4.69, 9.17) is 4.74 Å². The van der Waals surface area contributed by atoms with Gasteiger partial charge in [-0.05, 0) is 24.8 Å². The summed E-state index contributed by atoms with van der Waals surface area (Å²) in [6.45, 7) is 3.50. The summed E-state index contributed by atoms with van der Waals surface area (Å²) in [5.41, 5.74) is -0.461. The highest BCUT2D eigenvalue weighted by atomic mass is 16.5. The summed E-state index contributed by atoms with van der Waals surface area (Å²) in [6.07, 6.45) is 2.57. The Morgan fingerprint density at radius 3 is 2.33 bits per heavy atom. The number of likely N-dealkylation sites (tertiary alicyclic amines) is 1. The van der Waals surface area contributed by atoms with Gasteiger partial charge in [0.1, 0.15) is 0 Å². The van der Waals surface area contributed by atoms with Crippen molar-refractivity contribution < 1.29 is 14.3 Å². The van der Waals surface area contributed by atoms with Crippen molar-refractivity contribution in [2.75, 3.05) is 20.2 Å². The third-order valence-electron chi connectivity index (χ3n) is 5.14. The van der Waals surface area contributed by atoms with Gasteiger partial charge in [-0.1, -0.05) is 37.3 Å². The lowest BCUT2D eigenvalue weighted by Crippen LogP contribution is -2.43. The van der Waals surface area contributed by atoms with E-state index in [1.54, 1.807) is 0 Å². The predicted molar refractivity (Wildman–Crippen MR) is 78.7 cm³/mol. The number of hydrogen-bond acceptors (Lipinski definition) is 3. The summed E-state index contributed by atoms with van der Waals surface area (Å²) in [7, 11) is 1.37. The van der Waals surface area contributed by atoms with E-state index in [1.165, 1.54) is 7.11 Å². The summed E-state index contributed by atoms with van der Waals surface area (Å²) < 4.78 is 4.99. The maximum atomic E-state index is 12.9. The van der Waals surface area contributed by atoms with E-state index in [-0.39, 0.29) is 5.91 Å². The quantitative estimate of drug-likeness (QED) is 0.632. The molecule has 0 aromatic heterocycles. The van der Waals surface area contributed by atoms with Gasteiger partial charge in [-0.25, -0.2) is 0 Å². The third kappa shape index (κ3) is 1.88. The van der Waals surface area contributed by atoms with E-state index in [1.807, 2.05) is 42.2 Å². The van der Waals surface area contributed by atoms with Gasteiger partial charge in [0.25, 0.3) is 0 Å². The SMILES string of the molecule is COC(=O)[C@]1(C(=O)N2CCCC2)C[C@]1(C)c1ccccc1. The van der Waals surface area contributed by atoms with Crippen LogP contribution in [0.1, 0.15) is 31.7 Å². The number of hydrogen-bond donors (Lipinski definition) is 0. The highest BCUT2D eigenvalue weighted by molar-refractivity contribution is 6.08. The average molecular weight is 287 g/mol. The largest absolute Gasteiger partial charge is 0.468 e. The number of amides is 1. The molecule has 0 spiro atoms. The summed E-state index contributed by atoms with van der Waals surface area (Å²) in [4.78, 5) is 27.2. The second-order valence-electron chi connectivity index (χ2n) is 6.27. The predicted octanol–water partition coefficient (Wildman–Crippen LogP) is 2.13. The summed E-state index contributed by atoms with van der Waals surface area (Å²) in [5.74, 6) is -0.455. The molecule has 0 unspecified atom stereocenters. The number of carbonyl (C=O) groups is 2. The van der Waals surface area contributed by atoms with Gasteiger partial charge >= 0.3 is 5.97 Å². The van der Waals surface area contributed by atoms with Gasteiger partial charge < -0.3 is 9.64 Å². The molecule has 1 aliphatic heterocycles. The Hall–Kier alpha value is -1.84. The molecule has 4 nitrogen and oxygen atoms in total. The first-order chi connectivity index (χ1) is 10.1. The van der Waals surface area contributed by atoms with Crippen molar-refractivity contribution in [2.24, 2.45) is 5.41 Å². The van der Waals surface area contributed by atoms with Crippen LogP contribution in [0.25, 0.3) is 0 Å². The molecule has 112 valence electrons. The third-order valence-corrected chi connectivity index (χ3v) is 5.14. The van der Waals surface area contributed by atoms with Crippen LogP contribution >= 0.6 is 0 Å². The first kappa shape index (κ1) is 14.1. The van der Waals surface area contributed by atoms with Crippen LogP contribution in [0.15, 0.2) is 30.3 Å². The number of benzene rings is 1. The van der Waals surface area contributed by atoms with Gasteiger partial charge in [0.2, 0.25) is 5.91 Å². The van der Waals surface area contributed by atoms with Crippen LogP contribution in [0.5, 0.6) is 0 Å². The molecule has 0 bridgehead atoms. The molecule has 1 amide bonds. The molecular weight excluding hydrogens is 266 g/mol. The van der Waals surface area contributed by atoms with E-state index in [9.17, 15) is 9.59 Å². The van der Waals surface area contributed by atoms with E-state index in [0.29, 0.717) is 6.42 Å². The molecule has 4 heteroatoms. The fourth-order valence-electron chi connectivity index (χ4n) is 3.70. The fraction of sp³-hybridized carbons (Fsp3) is 0.529. The minimum absolute atomic E-state index is 0.0572. The van der Waals surface area contributed by atoms with E-state index < -0.39 is 16.8 Å². The minimum atomic E-state index is -1.03. The molecule has 2 aliphatic rings. The van der Waals surface area contributed by atoms with E-state index in [0.717, 1.165) is 31.5 Å². The molecule has 21 heavy (non-hydrogen) atoms. The van der Waals surface area contributed by atoms with E-state index >= 15 is 0 Å². The Kier molecular flexibility index (Phi) is 3.27. The van der Waals surface area contributed by atoms with E-state index in [2.05, 4.69) is 0 Å². The molecule has 2 atom stereocenters. The van der Waals surface area contributed by atoms with Gasteiger partial charge in [0, 0.05) is 18.5 Å². The van der Waals surface area contributed by atoms with Gasteiger partial charge in [0.05, 0.1) is 7.11 Å². The summed E-state index contributed by atoms with van der Waals surface area (Å²) >= 11 is 0. The van der Waals surface area contributed by atoms with Crippen molar-refractivity contribution in [1.29, 1.82) is 0 Å². The maximum absolute atomic E-state index is 12.9. The number of nitrogens with zero attached hydrogens (tertiary/aromatic N) is 1. The zero-order chi connectivity index (χ0) is 15.1. The Bertz CT molecular complexity index is 565. The number of rotatable bonds is 3. The number of methoxy groups -OCH3 is 1. The molecular formula is C17H21NO3. The van der Waals surface area contributed by atoms with Crippen LogP contribution in [0.3, 0.4) is 0 Å². The molecule has 1 aliphatic carbocycles. The highest BCUT2D eigenvalue weighted by Gasteiger charge is 2.76. The van der Waals surface area contributed by atoms with Gasteiger partial charge in [0.15, 0.2) is 5.41 Å². The molecule has 0 N–H and O–H groups in total. The second kappa shape index (κ2) is 4.86. The number of ether oxygens (including phenoxy) is 1. The van der Waals surface area contributed by atoms with Gasteiger partial charge in [-0.15, -0.1) is 0 Å². The van der Waals surface area contributed by atoms with Crippen LogP contribution in [-0.4, -0.2) is 37.0 Å². The zero-order valence-corrected chi connectivity index (χ0v) is 12.6. The average Bonchev–Trinajstić information content (AvgIpc) is 2.91. The van der Waals surface area contributed by atoms with Gasteiger partial charge in [-0.3, -0.25) is 9.59 Å². The molecule has 1 heterocycles. The van der Waals surface area contributed by atoms with Crippen LogP contribution in [0, 0.1) is 5.41 Å². The number of carbonyl (C=O) groups excluding carboxylic acids is 2. The van der Waals surface area contributed by atoms with Crippen molar-refractivity contribution >= 4 is 11.9 Å². The minimum Gasteiger partial charge on any atom is -0.468 e. The molecule has 1 aromatic rings. The van der Waals surface area contributed by atoms with Crippen LogP contribution in [0.2, 0.25) is 0 Å². The van der Waals surface area contributed by atoms with Gasteiger partial charge in [-0.2, -0.15) is 0 Å². The highest BCUT2D eigenvalue weighted by Crippen LogP contribution is 2.66. The normalized spacial score (nSPS) is 31.0. The summed E-state index contributed by atoms with van der Waals surface area (Å²) in [5, 5.41) is 0. The lowest BCUT2D eigenvalue weighted by Gasteiger charge is -2.25. The van der Waals surface area contributed by atoms with Crippen molar-refractivity contribution in [1.82, 2.24) is 4.90 Å². The fourth-order valence-corrected chi connectivity index (χ4v) is 3.70. The Morgan fingerprint density at radius 1 is 1.14 bits per heavy atom. The standard InChI is InChI=1S/C17H21NO3/c1-16(13-8-4-3-5-9-13)12-17(16,15(20)21-2)14(19)18-10-6-7-11-18/h3-5,8-9H,6-7,10-12H2,1-2H3/t16-,17-/m1/s1. The molecule has 1 saturated heterocycles. The van der Waals surface area contributed by atoms with Crippen LogP contribution < -0.4 is 0 Å². The Balaban J connectivity index is 1.97. The monoisotopic (exact) mass is 287 g/mol. The summed E-state index contributed by atoms with van der Waals surface area (Å²) in [6, 6.07) is 9.81. The maximum Gasteiger partial charge on any atom is 0.322 e. The Morgan fingerprint density at radius 2 is 1.76 bits per heavy atom. The first-order valence-electron chi connectivity index (χ1n) is 7.49. The van der Waals surface area contributed by atoms with Crippen molar-refractivity contribution in [3.63, 3.8) is 0 Å². The lowest BCUT2D eigenvalue weighted by atomic mass is 9.86. The molecule has 3 rings (SSSR count). The topological polar surface area (TPSA) is 46.6 Å². The molecule has 2 fully saturated rings. The molecule has 1 saturated carbocycles. The van der Waals surface area contributed by atoms with Crippen molar-refractivity contribution in [3.8, 4) is 0 Å². The number of esters is 1. The van der Waals surface area contributed by atoms with Crippen LogP contribution in [-0.2, 0) is 19.7 Å². The Labute approximate surface area is 125 Å². The molecule has 0 radical (unpaired) electrons. The van der Waals surface area contributed by atoms with Crippen LogP contribution in [0.4, 0.5) is 0 Å². The lowest BCUT2D eigenvalue weighted by molar-refractivity contribution is -0.156. The molecule has 1 aromatic carbocycles. The smallest absolute Gasteiger partial charge is 0.322 e. The zero-order valence-electron chi connectivity index (χ0n) is 12.6.